The number of nitrogens with zero attached hydrogens (tertiary/aromatic N) is 3. The molecule has 19 heavy (non-hydrogen) atoms. The van der Waals surface area contributed by atoms with Crippen LogP contribution in [0.4, 0.5) is 5.69 Å². The van der Waals surface area contributed by atoms with Crippen molar-refractivity contribution >= 4 is 17.5 Å². The van der Waals surface area contributed by atoms with Gasteiger partial charge in [0.15, 0.2) is 5.69 Å². The fraction of sp³-hybridized carbons (Fsp3) is 0.583. The van der Waals surface area contributed by atoms with E-state index in [0.29, 0.717) is 30.9 Å². The lowest BCUT2D eigenvalue weighted by Crippen LogP contribution is -2.39. The Bertz CT molecular complexity index is 488. The third kappa shape index (κ3) is 3.04. The average Bonchev–Trinajstić information content (AvgIpc) is 2.68. The monoisotopic (exact) mass is 265 g/mol. The Balaban J connectivity index is 1.96. The highest BCUT2D eigenvalue weighted by Gasteiger charge is 2.26. The molecule has 1 fully saturated rings. The zero-order chi connectivity index (χ0) is 14.0. The number of nitrogens with two attached hydrogens (primary N) is 2. The van der Waals surface area contributed by atoms with Crippen LogP contribution in [-0.2, 0) is 11.8 Å². The summed E-state index contributed by atoms with van der Waals surface area (Å²) in [6.45, 7) is 1.24. The maximum atomic E-state index is 12.2. The molecule has 0 bridgehead atoms. The molecule has 7 heteroatoms. The smallest absolute Gasteiger partial charge is 0.276 e. The summed E-state index contributed by atoms with van der Waals surface area (Å²) in [5.74, 6) is -0.142. The summed E-state index contributed by atoms with van der Waals surface area (Å²) in [5, 5.41) is 4.08. The van der Waals surface area contributed by atoms with E-state index in [1.165, 1.54) is 4.68 Å². The molecule has 104 valence electrons. The van der Waals surface area contributed by atoms with Crippen molar-refractivity contribution < 1.29 is 9.59 Å². The van der Waals surface area contributed by atoms with Crippen LogP contribution in [0.2, 0.25) is 0 Å². The summed E-state index contributed by atoms with van der Waals surface area (Å²) in [6.07, 6.45) is 3.60. The Morgan fingerprint density at radius 2 is 2.05 bits per heavy atom. The minimum absolute atomic E-state index is 0.143. The van der Waals surface area contributed by atoms with Gasteiger partial charge in [0.25, 0.3) is 5.91 Å². The Kier molecular flexibility index (Phi) is 3.73. The Morgan fingerprint density at radius 1 is 1.42 bits per heavy atom. The molecule has 0 saturated carbocycles. The summed E-state index contributed by atoms with van der Waals surface area (Å²) in [4.78, 5) is 24.8. The number of carbonyl (C=O) groups excluding carboxylic acids is 2. The first-order valence-corrected chi connectivity index (χ1v) is 6.34. The predicted octanol–water partition coefficient (Wildman–Crippen LogP) is -0.270. The van der Waals surface area contributed by atoms with E-state index in [1.807, 2.05) is 0 Å². The van der Waals surface area contributed by atoms with Crippen molar-refractivity contribution in [3.05, 3.63) is 11.9 Å². The number of likely N-dealkylation sites (tertiary alicyclic amines) is 1. The van der Waals surface area contributed by atoms with Crippen LogP contribution in [0.5, 0.6) is 0 Å². The molecule has 1 aliphatic rings. The van der Waals surface area contributed by atoms with Gasteiger partial charge in [0, 0.05) is 32.8 Å². The van der Waals surface area contributed by atoms with Crippen LogP contribution < -0.4 is 11.5 Å². The van der Waals surface area contributed by atoms with Crippen molar-refractivity contribution in [2.24, 2.45) is 18.7 Å². The third-order valence-electron chi connectivity index (χ3n) is 3.45. The Morgan fingerprint density at radius 3 is 2.53 bits per heavy atom. The Hall–Kier alpha value is -2.05. The van der Waals surface area contributed by atoms with Crippen LogP contribution >= 0.6 is 0 Å². The van der Waals surface area contributed by atoms with E-state index in [9.17, 15) is 9.59 Å². The van der Waals surface area contributed by atoms with Crippen LogP contribution in [0.1, 0.15) is 29.8 Å². The van der Waals surface area contributed by atoms with Crippen LogP contribution in [0.25, 0.3) is 0 Å². The van der Waals surface area contributed by atoms with Crippen LogP contribution in [0.15, 0.2) is 6.20 Å². The molecule has 2 amide bonds. The summed E-state index contributed by atoms with van der Waals surface area (Å²) in [5.41, 5.74) is 11.6. The highest BCUT2D eigenvalue weighted by molar-refractivity contribution is 5.97. The second-order valence-corrected chi connectivity index (χ2v) is 5.01. The molecule has 1 saturated heterocycles. The summed E-state index contributed by atoms with van der Waals surface area (Å²) >= 11 is 0. The van der Waals surface area contributed by atoms with Crippen molar-refractivity contribution in [3.8, 4) is 0 Å². The number of primary amides is 1. The van der Waals surface area contributed by atoms with Gasteiger partial charge in [0.2, 0.25) is 5.91 Å². The third-order valence-corrected chi connectivity index (χ3v) is 3.45. The molecule has 1 aromatic rings. The van der Waals surface area contributed by atoms with E-state index < -0.39 is 0 Å². The minimum atomic E-state index is -0.279. The van der Waals surface area contributed by atoms with Crippen molar-refractivity contribution in [1.82, 2.24) is 14.7 Å². The van der Waals surface area contributed by atoms with Crippen molar-refractivity contribution in [2.75, 3.05) is 18.8 Å². The molecule has 0 spiro atoms. The van der Waals surface area contributed by atoms with Gasteiger partial charge in [0.1, 0.15) is 0 Å². The Labute approximate surface area is 111 Å². The molecule has 0 unspecified atom stereocenters. The lowest BCUT2D eigenvalue weighted by molar-refractivity contribution is -0.119. The van der Waals surface area contributed by atoms with Crippen LogP contribution in [0.3, 0.4) is 0 Å². The van der Waals surface area contributed by atoms with E-state index in [1.54, 1.807) is 18.1 Å². The highest BCUT2D eigenvalue weighted by atomic mass is 16.2. The molecular formula is C12H19N5O2. The lowest BCUT2D eigenvalue weighted by Gasteiger charge is -2.31. The summed E-state index contributed by atoms with van der Waals surface area (Å²) < 4.78 is 1.53. The van der Waals surface area contributed by atoms with E-state index in [2.05, 4.69) is 5.10 Å². The molecule has 2 rings (SSSR count). The largest absolute Gasteiger partial charge is 0.396 e. The number of carbonyl (C=O) groups is 2. The molecule has 1 aliphatic heterocycles. The van der Waals surface area contributed by atoms with Crippen LogP contribution in [-0.4, -0.2) is 39.6 Å². The van der Waals surface area contributed by atoms with Crippen LogP contribution in [0, 0.1) is 5.92 Å². The first-order valence-electron chi connectivity index (χ1n) is 6.34. The molecule has 2 heterocycles. The second-order valence-electron chi connectivity index (χ2n) is 5.01. The summed E-state index contributed by atoms with van der Waals surface area (Å²) in [7, 11) is 1.73. The SMILES string of the molecule is Cn1cc(N)c(C(=O)N2CCC(CC(N)=O)CC2)n1. The molecule has 7 nitrogen and oxygen atoms in total. The minimum Gasteiger partial charge on any atom is -0.396 e. The fourth-order valence-corrected chi connectivity index (χ4v) is 2.45. The van der Waals surface area contributed by atoms with E-state index >= 15 is 0 Å². The summed E-state index contributed by atoms with van der Waals surface area (Å²) in [6, 6.07) is 0. The normalized spacial score (nSPS) is 16.6. The molecular weight excluding hydrogens is 246 g/mol. The maximum Gasteiger partial charge on any atom is 0.276 e. The quantitative estimate of drug-likeness (QED) is 0.784. The molecule has 4 N–H and O–H groups in total. The topological polar surface area (TPSA) is 107 Å². The number of hydrogen-bond acceptors (Lipinski definition) is 4. The molecule has 0 aliphatic carbocycles. The van der Waals surface area contributed by atoms with Gasteiger partial charge in [0.05, 0.1) is 5.69 Å². The van der Waals surface area contributed by atoms with Gasteiger partial charge in [-0.2, -0.15) is 5.10 Å². The standard InChI is InChI=1S/C12H19N5O2/c1-16-7-9(13)11(15-16)12(19)17-4-2-8(3-5-17)6-10(14)18/h7-8H,2-6,13H2,1H3,(H2,14,18). The number of hydrogen-bond donors (Lipinski definition) is 2. The molecule has 0 radical (unpaired) electrons. The first-order chi connectivity index (χ1) is 8.97. The number of aromatic nitrogens is 2. The van der Waals surface area contributed by atoms with Gasteiger partial charge >= 0.3 is 0 Å². The molecule has 1 aromatic heterocycles. The second kappa shape index (κ2) is 5.29. The zero-order valence-corrected chi connectivity index (χ0v) is 11.0. The van der Waals surface area contributed by atoms with Gasteiger partial charge < -0.3 is 16.4 Å². The maximum absolute atomic E-state index is 12.2. The number of rotatable bonds is 3. The number of nitrogen functional groups attached to an aromatic ring is 1. The predicted molar refractivity (Wildman–Crippen MR) is 70.1 cm³/mol. The number of aryl methyl sites for hydroxylation is 1. The average molecular weight is 265 g/mol. The zero-order valence-electron chi connectivity index (χ0n) is 11.0. The van der Waals surface area contributed by atoms with Gasteiger partial charge in [-0.1, -0.05) is 0 Å². The number of anilines is 1. The van der Waals surface area contributed by atoms with E-state index in [4.69, 9.17) is 11.5 Å². The van der Waals surface area contributed by atoms with E-state index in [0.717, 1.165) is 12.8 Å². The number of piperidine rings is 1. The van der Waals surface area contributed by atoms with Gasteiger partial charge in [-0.15, -0.1) is 0 Å². The van der Waals surface area contributed by atoms with Gasteiger partial charge in [-0.3, -0.25) is 14.3 Å². The molecule has 0 aromatic carbocycles. The van der Waals surface area contributed by atoms with E-state index in [-0.39, 0.29) is 17.7 Å². The first kappa shape index (κ1) is 13.4. The molecule has 0 atom stereocenters. The number of amides is 2. The van der Waals surface area contributed by atoms with Crippen molar-refractivity contribution in [3.63, 3.8) is 0 Å². The van der Waals surface area contributed by atoms with Gasteiger partial charge in [-0.25, -0.2) is 0 Å². The fourth-order valence-electron chi connectivity index (χ4n) is 2.45. The van der Waals surface area contributed by atoms with Crippen molar-refractivity contribution in [1.29, 1.82) is 0 Å². The van der Waals surface area contributed by atoms with Crippen molar-refractivity contribution in [2.45, 2.75) is 19.3 Å². The lowest BCUT2D eigenvalue weighted by atomic mass is 9.93. The van der Waals surface area contributed by atoms with Gasteiger partial charge in [-0.05, 0) is 18.8 Å². The highest BCUT2D eigenvalue weighted by Crippen LogP contribution is 2.22.